The third-order valence-electron chi connectivity index (χ3n) is 5.91. The number of nitrogens with zero attached hydrogens (tertiary/aromatic N) is 3. The van der Waals surface area contributed by atoms with Crippen LogP contribution in [0.2, 0.25) is 5.02 Å². The van der Waals surface area contributed by atoms with Crippen molar-refractivity contribution in [3.63, 3.8) is 0 Å². The predicted octanol–water partition coefficient (Wildman–Crippen LogP) is 5.02. The van der Waals surface area contributed by atoms with Crippen molar-refractivity contribution in [2.45, 2.75) is 38.5 Å². The van der Waals surface area contributed by atoms with Gasteiger partial charge in [-0.05, 0) is 44.0 Å². The summed E-state index contributed by atoms with van der Waals surface area (Å²) in [5.41, 5.74) is 1.43. The van der Waals surface area contributed by atoms with Crippen LogP contribution in [0.4, 0.5) is 11.4 Å². The van der Waals surface area contributed by atoms with Crippen molar-refractivity contribution < 1.29 is 14.1 Å². The zero-order valence-corrected chi connectivity index (χ0v) is 18.5. The maximum absolute atomic E-state index is 12.9. The normalized spacial score (nSPS) is 19.0. The standard InChI is InChI=1S/C22H21ClN4O3S/c1-12-17(10-18(31-12)20-25-22(30-26-20)13-4-2-5-13)24-21(29)14-8-19(28)27(11-14)16-7-3-6-15(23)9-16/h3,6-7,9-10,13-14H,2,4-5,8,11H2,1H3,(H,24,29)/t14-/m0/s1. The van der Waals surface area contributed by atoms with Gasteiger partial charge in [-0.3, -0.25) is 9.59 Å². The second kappa shape index (κ2) is 8.09. The van der Waals surface area contributed by atoms with E-state index in [9.17, 15) is 9.59 Å². The van der Waals surface area contributed by atoms with Crippen LogP contribution in [0.5, 0.6) is 0 Å². The van der Waals surface area contributed by atoms with Crippen molar-refractivity contribution >= 4 is 46.1 Å². The molecule has 1 atom stereocenters. The first-order valence-corrected chi connectivity index (χ1v) is 11.5. The Bertz CT molecular complexity index is 1150. The van der Waals surface area contributed by atoms with Gasteiger partial charge in [0.2, 0.25) is 23.5 Å². The molecular formula is C22H21ClN4O3S. The SMILES string of the molecule is Cc1sc(-c2noc(C3CCC3)n2)cc1NC(=O)[C@H]1CC(=O)N(c2cccc(Cl)c2)C1. The molecule has 1 aromatic carbocycles. The van der Waals surface area contributed by atoms with Crippen molar-refractivity contribution in [3.05, 3.63) is 46.1 Å². The Hall–Kier alpha value is -2.71. The molecule has 1 N–H and O–H groups in total. The number of nitrogens with one attached hydrogen (secondary N) is 1. The van der Waals surface area contributed by atoms with Gasteiger partial charge in [0.1, 0.15) is 0 Å². The van der Waals surface area contributed by atoms with Gasteiger partial charge in [-0.1, -0.05) is 29.2 Å². The van der Waals surface area contributed by atoms with Gasteiger partial charge in [-0.2, -0.15) is 4.98 Å². The molecule has 5 rings (SSSR count). The van der Waals surface area contributed by atoms with E-state index in [-0.39, 0.29) is 18.2 Å². The molecule has 9 heteroatoms. The maximum atomic E-state index is 12.9. The molecule has 1 saturated heterocycles. The number of anilines is 2. The lowest BCUT2D eigenvalue weighted by Gasteiger charge is -2.20. The fourth-order valence-electron chi connectivity index (χ4n) is 3.88. The molecule has 2 amide bonds. The molecular weight excluding hydrogens is 436 g/mol. The summed E-state index contributed by atoms with van der Waals surface area (Å²) < 4.78 is 5.41. The number of thiophene rings is 1. The molecule has 1 aliphatic carbocycles. The number of carbonyl (C=O) groups excluding carboxylic acids is 2. The van der Waals surface area contributed by atoms with Crippen molar-refractivity contribution in [2.75, 3.05) is 16.8 Å². The van der Waals surface area contributed by atoms with E-state index in [0.29, 0.717) is 40.6 Å². The largest absolute Gasteiger partial charge is 0.339 e. The third kappa shape index (κ3) is 3.97. The first-order valence-electron chi connectivity index (χ1n) is 10.3. The maximum Gasteiger partial charge on any atom is 0.230 e. The summed E-state index contributed by atoms with van der Waals surface area (Å²) in [6, 6.07) is 8.98. The number of aromatic nitrogens is 2. The number of benzene rings is 1. The van der Waals surface area contributed by atoms with Crippen LogP contribution in [0.15, 0.2) is 34.9 Å². The lowest BCUT2D eigenvalue weighted by Crippen LogP contribution is -2.28. The smallest absolute Gasteiger partial charge is 0.230 e. The Morgan fingerprint density at radius 1 is 1.32 bits per heavy atom. The van der Waals surface area contributed by atoms with E-state index in [1.165, 1.54) is 17.8 Å². The summed E-state index contributed by atoms with van der Waals surface area (Å²) in [6.45, 7) is 2.27. The lowest BCUT2D eigenvalue weighted by molar-refractivity contribution is -0.122. The van der Waals surface area contributed by atoms with Gasteiger partial charge in [-0.25, -0.2) is 0 Å². The topological polar surface area (TPSA) is 88.3 Å². The van der Waals surface area contributed by atoms with Crippen molar-refractivity contribution in [1.29, 1.82) is 0 Å². The van der Waals surface area contributed by atoms with E-state index < -0.39 is 5.92 Å². The predicted molar refractivity (Wildman–Crippen MR) is 119 cm³/mol. The molecule has 0 radical (unpaired) electrons. The molecule has 1 aliphatic heterocycles. The van der Waals surface area contributed by atoms with E-state index in [0.717, 1.165) is 22.6 Å². The molecule has 1 saturated carbocycles. The second-order valence-corrected chi connectivity index (χ2v) is 9.73. The van der Waals surface area contributed by atoms with Crippen molar-refractivity contribution in [1.82, 2.24) is 10.1 Å². The number of amides is 2. The summed E-state index contributed by atoms with van der Waals surface area (Å²) >= 11 is 7.56. The number of aryl methyl sites for hydroxylation is 1. The van der Waals surface area contributed by atoms with Crippen LogP contribution in [0.25, 0.3) is 10.7 Å². The first kappa shape index (κ1) is 20.2. The number of halogens is 1. The number of hydrogen-bond acceptors (Lipinski definition) is 6. The van der Waals surface area contributed by atoms with Crippen LogP contribution < -0.4 is 10.2 Å². The summed E-state index contributed by atoms with van der Waals surface area (Å²) in [5, 5.41) is 7.65. The summed E-state index contributed by atoms with van der Waals surface area (Å²) in [6.07, 6.45) is 3.57. The molecule has 0 spiro atoms. The van der Waals surface area contributed by atoms with E-state index in [4.69, 9.17) is 16.1 Å². The van der Waals surface area contributed by atoms with Gasteiger partial charge in [0, 0.05) is 34.5 Å². The number of hydrogen-bond donors (Lipinski definition) is 1. The highest BCUT2D eigenvalue weighted by atomic mass is 35.5. The van der Waals surface area contributed by atoms with Crippen LogP contribution in [0.3, 0.4) is 0 Å². The monoisotopic (exact) mass is 456 g/mol. The summed E-state index contributed by atoms with van der Waals surface area (Å²) in [4.78, 5) is 33.3. The van der Waals surface area contributed by atoms with E-state index in [1.807, 2.05) is 19.1 Å². The fraction of sp³-hybridized carbons (Fsp3) is 0.364. The van der Waals surface area contributed by atoms with E-state index in [1.54, 1.807) is 23.1 Å². The minimum atomic E-state index is -0.426. The quantitative estimate of drug-likeness (QED) is 0.582. The van der Waals surface area contributed by atoms with Crippen molar-refractivity contribution in [2.24, 2.45) is 5.92 Å². The Morgan fingerprint density at radius 3 is 2.90 bits per heavy atom. The van der Waals surface area contributed by atoms with Gasteiger partial charge in [0.25, 0.3) is 0 Å². The summed E-state index contributed by atoms with van der Waals surface area (Å²) in [7, 11) is 0. The highest BCUT2D eigenvalue weighted by Crippen LogP contribution is 2.38. The highest BCUT2D eigenvalue weighted by Gasteiger charge is 2.35. The number of rotatable bonds is 5. The molecule has 2 aliphatic rings. The van der Waals surface area contributed by atoms with Crippen LogP contribution in [0, 0.1) is 12.8 Å². The van der Waals surface area contributed by atoms with E-state index in [2.05, 4.69) is 15.5 Å². The molecule has 0 bridgehead atoms. The average molecular weight is 457 g/mol. The Balaban J connectivity index is 1.27. The zero-order chi connectivity index (χ0) is 21.5. The molecule has 31 heavy (non-hydrogen) atoms. The van der Waals surface area contributed by atoms with Gasteiger partial charge in [-0.15, -0.1) is 11.3 Å². The Morgan fingerprint density at radius 2 is 2.16 bits per heavy atom. The second-order valence-electron chi connectivity index (χ2n) is 8.04. The molecule has 3 aromatic rings. The fourth-order valence-corrected chi connectivity index (χ4v) is 4.97. The van der Waals surface area contributed by atoms with Crippen LogP contribution >= 0.6 is 22.9 Å². The van der Waals surface area contributed by atoms with Gasteiger partial charge in [0.05, 0.1) is 16.5 Å². The molecule has 160 valence electrons. The lowest BCUT2D eigenvalue weighted by atomic mass is 9.85. The zero-order valence-electron chi connectivity index (χ0n) is 16.9. The minimum Gasteiger partial charge on any atom is -0.339 e. The minimum absolute atomic E-state index is 0.0829. The Labute approximate surface area is 188 Å². The average Bonchev–Trinajstić information content (AvgIpc) is 3.40. The Kier molecular flexibility index (Phi) is 5.27. The summed E-state index contributed by atoms with van der Waals surface area (Å²) in [5.74, 6) is 0.949. The molecule has 3 heterocycles. The molecule has 7 nitrogen and oxygen atoms in total. The van der Waals surface area contributed by atoms with Crippen molar-refractivity contribution in [3.8, 4) is 10.7 Å². The number of carbonyl (C=O) groups is 2. The van der Waals surface area contributed by atoms with Gasteiger partial charge in [0.15, 0.2) is 0 Å². The van der Waals surface area contributed by atoms with Crippen LogP contribution in [-0.4, -0.2) is 28.5 Å². The van der Waals surface area contributed by atoms with Crippen LogP contribution in [0.1, 0.15) is 42.4 Å². The third-order valence-corrected chi connectivity index (χ3v) is 7.19. The van der Waals surface area contributed by atoms with Crippen LogP contribution in [-0.2, 0) is 9.59 Å². The molecule has 0 unspecified atom stereocenters. The first-order chi connectivity index (χ1) is 15.0. The molecule has 2 fully saturated rings. The molecule has 2 aromatic heterocycles. The van der Waals surface area contributed by atoms with Gasteiger partial charge >= 0.3 is 0 Å². The van der Waals surface area contributed by atoms with E-state index >= 15 is 0 Å². The van der Waals surface area contributed by atoms with Gasteiger partial charge < -0.3 is 14.7 Å². The highest BCUT2D eigenvalue weighted by molar-refractivity contribution is 7.16.